The predicted molar refractivity (Wildman–Crippen MR) is 81.2 cm³/mol. The summed E-state index contributed by atoms with van der Waals surface area (Å²) in [6, 6.07) is 21.0. The van der Waals surface area contributed by atoms with Gasteiger partial charge in [0.2, 0.25) is 0 Å². The lowest BCUT2D eigenvalue weighted by molar-refractivity contribution is 0.385. The van der Waals surface area contributed by atoms with E-state index in [1.165, 1.54) is 12.0 Å². The van der Waals surface area contributed by atoms with E-state index in [0.29, 0.717) is 12.8 Å². The van der Waals surface area contributed by atoms with Crippen LogP contribution in [0.2, 0.25) is 0 Å². The molecule has 0 aliphatic heterocycles. The summed E-state index contributed by atoms with van der Waals surface area (Å²) >= 11 is 0. The molecule has 1 saturated carbocycles. The maximum absolute atomic E-state index is 7.93. The highest BCUT2D eigenvalue weighted by Crippen LogP contribution is 2.45. The Morgan fingerprint density at radius 1 is 1.05 bits per heavy atom. The van der Waals surface area contributed by atoms with Gasteiger partial charge in [-0.3, -0.25) is 0 Å². The Bertz CT molecular complexity index is 540. The molecular formula is C18H21N. The minimum Gasteiger partial charge on any atom is -0.375 e. The van der Waals surface area contributed by atoms with Crippen molar-refractivity contribution in [3.63, 3.8) is 0 Å². The van der Waals surface area contributed by atoms with Crippen molar-refractivity contribution in [2.24, 2.45) is 5.92 Å². The lowest BCUT2D eigenvalue weighted by Crippen LogP contribution is -2.37. The smallest absolute Gasteiger partial charge is 0.0650 e. The molecule has 1 aliphatic carbocycles. The summed E-state index contributed by atoms with van der Waals surface area (Å²) in [5, 5.41) is 3.75. The largest absolute Gasteiger partial charge is 0.375 e. The molecule has 1 aliphatic rings. The van der Waals surface area contributed by atoms with E-state index in [0.717, 1.165) is 18.5 Å². The van der Waals surface area contributed by atoms with E-state index in [-0.39, 0.29) is 5.54 Å². The molecule has 0 spiro atoms. The van der Waals surface area contributed by atoms with Crippen LogP contribution in [0, 0.1) is 5.92 Å². The zero-order valence-electron chi connectivity index (χ0n) is 12.2. The highest BCUT2D eigenvalue weighted by Gasteiger charge is 2.41. The first kappa shape index (κ1) is 11.1. The average Bonchev–Trinajstić information content (AvgIpc) is 2.93. The highest BCUT2D eigenvalue weighted by molar-refractivity contribution is 5.48. The van der Waals surface area contributed by atoms with Gasteiger partial charge in [0.1, 0.15) is 0 Å². The summed E-state index contributed by atoms with van der Waals surface area (Å²) in [7, 11) is 0. The normalized spacial score (nSPS) is 26.9. The van der Waals surface area contributed by atoms with Crippen molar-refractivity contribution in [2.75, 3.05) is 5.32 Å². The van der Waals surface area contributed by atoms with Gasteiger partial charge in [0, 0.05) is 7.06 Å². The van der Waals surface area contributed by atoms with E-state index < -0.39 is 0 Å². The Morgan fingerprint density at radius 3 is 2.42 bits per heavy atom. The molecule has 98 valence electrons. The summed E-state index contributed by atoms with van der Waals surface area (Å²) in [6.07, 6.45) is 3.44. The molecule has 1 nitrogen and oxygen atoms in total. The molecule has 0 bridgehead atoms. The molecule has 0 unspecified atom stereocenters. The van der Waals surface area contributed by atoms with Crippen LogP contribution in [0.15, 0.2) is 60.7 Å². The van der Waals surface area contributed by atoms with Crippen LogP contribution >= 0.6 is 0 Å². The van der Waals surface area contributed by atoms with Crippen LogP contribution in [-0.4, -0.2) is 0 Å². The molecule has 0 radical (unpaired) electrons. The van der Waals surface area contributed by atoms with E-state index in [9.17, 15) is 0 Å². The maximum atomic E-state index is 7.93. The topological polar surface area (TPSA) is 12.0 Å². The third kappa shape index (κ3) is 2.25. The van der Waals surface area contributed by atoms with Crippen LogP contribution in [0.5, 0.6) is 0 Å². The molecule has 2 atom stereocenters. The zero-order chi connectivity index (χ0) is 13.8. The first-order valence-electron chi connectivity index (χ1n) is 7.74. The van der Waals surface area contributed by atoms with Gasteiger partial charge in [-0.25, -0.2) is 0 Å². The second kappa shape index (κ2) is 5.08. The van der Waals surface area contributed by atoms with Crippen molar-refractivity contribution in [1.29, 1.82) is 0 Å². The number of para-hydroxylation sites is 1. The molecule has 2 aromatic rings. The quantitative estimate of drug-likeness (QED) is 0.826. The Morgan fingerprint density at radius 2 is 1.74 bits per heavy atom. The number of hydrogen-bond donors (Lipinski definition) is 1. The van der Waals surface area contributed by atoms with Gasteiger partial charge in [0.05, 0.1) is 5.54 Å². The summed E-state index contributed by atoms with van der Waals surface area (Å²) in [6.45, 7) is 0.481. The molecule has 1 N–H and O–H groups in total. The first-order valence-corrected chi connectivity index (χ1v) is 7.03. The van der Waals surface area contributed by atoms with Crippen molar-refractivity contribution in [3.05, 3.63) is 66.2 Å². The van der Waals surface area contributed by atoms with Crippen LogP contribution in [0.4, 0.5) is 5.69 Å². The molecule has 0 saturated heterocycles. The van der Waals surface area contributed by atoms with Gasteiger partial charge in [-0.2, -0.15) is 0 Å². The van der Waals surface area contributed by atoms with Gasteiger partial charge in [0.25, 0.3) is 0 Å². The van der Waals surface area contributed by atoms with Gasteiger partial charge in [-0.15, -0.1) is 0 Å². The van der Waals surface area contributed by atoms with Crippen LogP contribution in [-0.2, 0) is 5.54 Å². The van der Waals surface area contributed by atoms with Gasteiger partial charge < -0.3 is 5.32 Å². The lowest BCUT2D eigenvalue weighted by Gasteiger charge is -2.36. The number of anilines is 1. The second-order valence-electron chi connectivity index (χ2n) is 5.42. The van der Waals surface area contributed by atoms with Gasteiger partial charge in [-0.05, 0) is 36.5 Å². The summed E-state index contributed by atoms with van der Waals surface area (Å²) in [5.74, 6) is 0.380. The molecule has 0 aromatic heterocycles. The van der Waals surface area contributed by atoms with E-state index in [2.05, 4.69) is 59.9 Å². The number of hydrogen-bond acceptors (Lipinski definition) is 1. The predicted octanol–water partition coefficient (Wildman–Crippen LogP) is 4.81. The molecule has 3 rings (SSSR count). The molecule has 0 amide bonds. The fourth-order valence-corrected chi connectivity index (χ4v) is 3.21. The summed E-state index contributed by atoms with van der Waals surface area (Å²) < 4.78 is 7.93. The minimum atomic E-state index is -0.0790. The van der Waals surface area contributed by atoms with Crippen molar-refractivity contribution in [1.82, 2.24) is 0 Å². The van der Waals surface area contributed by atoms with Crippen LogP contribution in [0.25, 0.3) is 0 Å². The Kier molecular flexibility index (Phi) is 2.97. The molecular weight excluding hydrogens is 230 g/mol. The van der Waals surface area contributed by atoms with Crippen LogP contribution in [0.3, 0.4) is 0 Å². The Hall–Kier alpha value is -1.76. The SMILES string of the molecule is [2H]C[C@@H]1CCC[C@@]1(Nc1ccccc1)c1ccccc1. The van der Waals surface area contributed by atoms with Crippen molar-refractivity contribution in [2.45, 2.75) is 31.7 Å². The van der Waals surface area contributed by atoms with E-state index in [1.54, 1.807) is 0 Å². The third-order valence-corrected chi connectivity index (χ3v) is 4.25. The molecule has 0 heterocycles. The van der Waals surface area contributed by atoms with E-state index >= 15 is 0 Å². The molecule has 2 aromatic carbocycles. The minimum absolute atomic E-state index is 0.0790. The van der Waals surface area contributed by atoms with Crippen LogP contribution < -0.4 is 5.32 Å². The average molecular weight is 252 g/mol. The Balaban J connectivity index is 2.00. The fourth-order valence-electron chi connectivity index (χ4n) is 3.21. The number of rotatable bonds is 3. The maximum Gasteiger partial charge on any atom is 0.0650 e. The van der Waals surface area contributed by atoms with Crippen molar-refractivity contribution in [3.8, 4) is 0 Å². The van der Waals surface area contributed by atoms with Crippen LogP contribution in [0.1, 0.15) is 33.1 Å². The molecule has 1 fully saturated rings. The zero-order valence-corrected chi connectivity index (χ0v) is 11.2. The standard InChI is InChI=1S/C18H21N/c1-15-9-8-14-18(15,16-10-4-2-5-11-16)19-17-12-6-3-7-13-17/h2-7,10-13,15,19H,8-9,14H2,1H3/t15-,18+/m1/s1/i1D. The third-order valence-electron chi connectivity index (χ3n) is 4.25. The van der Waals surface area contributed by atoms with Crippen molar-refractivity contribution >= 4 is 5.69 Å². The summed E-state index contributed by atoms with van der Waals surface area (Å²) in [5.41, 5.74) is 2.39. The van der Waals surface area contributed by atoms with E-state index in [1.807, 2.05) is 6.07 Å². The van der Waals surface area contributed by atoms with Gasteiger partial charge >= 0.3 is 0 Å². The molecule has 1 heteroatoms. The van der Waals surface area contributed by atoms with Gasteiger partial charge in [-0.1, -0.05) is 61.9 Å². The highest BCUT2D eigenvalue weighted by atomic mass is 15.0. The number of nitrogens with one attached hydrogen (secondary N) is 1. The van der Waals surface area contributed by atoms with E-state index in [4.69, 9.17) is 1.37 Å². The summed E-state index contributed by atoms with van der Waals surface area (Å²) in [4.78, 5) is 0. The van der Waals surface area contributed by atoms with Gasteiger partial charge in [0.15, 0.2) is 0 Å². The van der Waals surface area contributed by atoms with Crippen molar-refractivity contribution < 1.29 is 1.37 Å². The lowest BCUT2D eigenvalue weighted by atomic mass is 9.81. The first-order chi connectivity index (χ1) is 9.85. The fraction of sp³-hybridized carbons (Fsp3) is 0.333. The Labute approximate surface area is 117 Å². The number of benzene rings is 2. The molecule has 19 heavy (non-hydrogen) atoms. The monoisotopic (exact) mass is 252 g/mol. The second-order valence-corrected chi connectivity index (χ2v) is 5.42.